The van der Waals surface area contributed by atoms with Gasteiger partial charge < -0.3 is 15.0 Å². The van der Waals surface area contributed by atoms with E-state index in [2.05, 4.69) is 17.4 Å². The third kappa shape index (κ3) is 5.48. The minimum absolute atomic E-state index is 0.0422. The zero-order valence-electron chi connectivity index (χ0n) is 15.1. The lowest BCUT2D eigenvalue weighted by atomic mass is 10.0. The van der Waals surface area contributed by atoms with Crippen LogP contribution in [0.1, 0.15) is 24.0 Å². The number of hydrogen-bond donors (Lipinski definition) is 2. The van der Waals surface area contributed by atoms with Crippen LogP contribution in [0.5, 0.6) is 5.75 Å². The number of nitrogens with one attached hydrogen (secondary N) is 2. The Labute approximate surface area is 160 Å². The average Bonchev–Trinajstić information content (AvgIpc) is 2.64. The normalized spacial score (nSPS) is 19.8. The second-order valence-electron chi connectivity index (χ2n) is 6.95. The molecule has 3 rings (SSSR count). The lowest BCUT2D eigenvalue weighted by Crippen LogP contribution is -3.12. The minimum Gasteiger partial charge on any atom is -0.484 e. The van der Waals surface area contributed by atoms with Gasteiger partial charge in [-0.3, -0.25) is 4.79 Å². The predicted octanol–water partition coefficient (Wildman–Crippen LogP) is 2.39. The number of quaternary nitrogens is 1. The van der Waals surface area contributed by atoms with Crippen LogP contribution in [0.25, 0.3) is 0 Å². The van der Waals surface area contributed by atoms with Gasteiger partial charge in [-0.2, -0.15) is 0 Å². The average molecular weight is 374 g/mol. The van der Waals surface area contributed by atoms with Gasteiger partial charge in [0.05, 0.1) is 13.1 Å². The number of amides is 1. The number of ether oxygens (including phenoxy) is 1. The van der Waals surface area contributed by atoms with Crippen molar-refractivity contribution in [3.63, 3.8) is 0 Å². The van der Waals surface area contributed by atoms with Gasteiger partial charge in [-0.05, 0) is 30.7 Å². The number of carbonyl (C=O) groups is 1. The Morgan fingerprint density at radius 1 is 1.15 bits per heavy atom. The highest BCUT2D eigenvalue weighted by atomic mass is 35.5. The number of carbonyl (C=O) groups excluding carboxylic acids is 1. The van der Waals surface area contributed by atoms with Crippen molar-refractivity contribution in [2.24, 2.45) is 0 Å². The Morgan fingerprint density at radius 3 is 2.54 bits per heavy atom. The lowest BCUT2D eigenvalue weighted by molar-refractivity contribution is -0.918. The van der Waals surface area contributed by atoms with E-state index in [1.807, 2.05) is 43.3 Å². The maximum atomic E-state index is 12.1. The molecule has 1 heterocycles. The molecule has 2 N–H and O–H groups in total. The fourth-order valence-electron chi connectivity index (χ4n) is 3.37. The molecule has 0 spiro atoms. The SMILES string of the molecule is Cc1ccccc1OCC(=O)NC1CC[NH+](Cc2ccc(Cl)cc2)CC1. The maximum Gasteiger partial charge on any atom is 0.258 e. The Hall–Kier alpha value is -2.04. The van der Waals surface area contributed by atoms with Gasteiger partial charge in [0.25, 0.3) is 5.91 Å². The molecule has 138 valence electrons. The van der Waals surface area contributed by atoms with Crippen LogP contribution in [0.3, 0.4) is 0 Å². The minimum atomic E-state index is -0.0422. The zero-order valence-corrected chi connectivity index (χ0v) is 15.9. The molecular weight excluding hydrogens is 348 g/mol. The molecule has 5 heteroatoms. The first-order valence-corrected chi connectivity index (χ1v) is 9.54. The summed E-state index contributed by atoms with van der Waals surface area (Å²) in [5.41, 5.74) is 2.35. The van der Waals surface area contributed by atoms with E-state index in [9.17, 15) is 4.79 Å². The van der Waals surface area contributed by atoms with Crippen molar-refractivity contribution in [3.05, 3.63) is 64.7 Å². The molecule has 2 aromatic carbocycles. The van der Waals surface area contributed by atoms with Gasteiger partial charge in [0.1, 0.15) is 12.3 Å². The van der Waals surface area contributed by atoms with Gasteiger partial charge in [-0.15, -0.1) is 0 Å². The zero-order chi connectivity index (χ0) is 18.4. The van der Waals surface area contributed by atoms with E-state index in [-0.39, 0.29) is 18.6 Å². The quantitative estimate of drug-likeness (QED) is 0.816. The molecule has 2 aromatic rings. The Kier molecular flexibility index (Phi) is 6.53. The van der Waals surface area contributed by atoms with Gasteiger partial charge in [0, 0.05) is 29.5 Å². The fraction of sp³-hybridized carbons (Fsp3) is 0.381. The molecule has 0 radical (unpaired) electrons. The van der Waals surface area contributed by atoms with Crippen LogP contribution in [0.4, 0.5) is 0 Å². The summed E-state index contributed by atoms with van der Waals surface area (Å²) < 4.78 is 5.62. The topological polar surface area (TPSA) is 42.8 Å². The highest BCUT2D eigenvalue weighted by Crippen LogP contribution is 2.15. The summed E-state index contributed by atoms with van der Waals surface area (Å²) in [5.74, 6) is 0.726. The first kappa shape index (κ1) is 18.7. The van der Waals surface area contributed by atoms with Crippen molar-refractivity contribution < 1.29 is 14.4 Å². The first-order valence-electron chi connectivity index (χ1n) is 9.16. The van der Waals surface area contributed by atoms with Gasteiger partial charge in [0.2, 0.25) is 0 Å². The standard InChI is InChI=1S/C21H25ClN2O2/c1-16-4-2-3-5-20(16)26-15-21(25)23-19-10-12-24(13-11-19)14-17-6-8-18(22)9-7-17/h2-9,19H,10-15H2,1H3,(H,23,25)/p+1. The molecule has 0 bridgehead atoms. The van der Waals surface area contributed by atoms with E-state index in [1.165, 1.54) is 5.56 Å². The summed E-state index contributed by atoms with van der Waals surface area (Å²) >= 11 is 5.94. The van der Waals surface area contributed by atoms with Gasteiger partial charge >= 0.3 is 0 Å². The maximum absolute atomic E-state index is 12.1. The first-order chi connectivity index (χ1) is 12.6. The predicted molar refractivity (Wildman–Crippen MR) is 104 cm³/mol. The van der Waals surface area contributed by atoms with Crippen molar-refractivity contribution in [1.82, 2.24) is 5.32 Å². The lowest BCUT2D eigenvalue weighted by Gasteiger charge is -2.29. The van der Waals surface area contributed by atoms with E-state index < -0.39 is 0 Å². The van der Waals surface area contributed by atoms with Crippen LogP contribution in [0.2, 0.25) is 5.02 Å². The van der Waals surface area contributed by atoms with Gasteiger partial charge in [-0.1, -0.05) is 41.9 Å². The Bertz CT molecular complexity index is 725. The molecule has 0 unspecified atom stereocenters. The molecule has 4 nitrogen and oxygen atoms in total. The molecule has 1 saturated heterocycles. The highest BCUT2D eigenvalue weighted by Gasteiger charge is 2.23. The summed E-state index contributed by atoms with van der Waals surface area (Å²) in [4.78, 5) is 13.7. The number of hydrogen-bond acceptors (Lipinski definition) is 2. The summed E-state index contributed by atoms with van der Waals surface area (Å²) in [7, 11) is 0. The number of rotatable bonds is 6. The molecule has 0 atom stereocenters. The largest absolute Gasteiger partial charge is 0.484 e. The van der Waals surface area contributed by atoms with Crippen LogP contribution in [-0.2, 0) is 11.3 Å². The Balaban J connectivity index is 1.38. The molecule has 0 aliphatic carbocycles. The van der Waals surface area contributed by atoms with E-state index in [0.29, 0.717) is 0 Å². The monoisotopic (exact) mass is 373 g/mol. The van der Waals surface area contributed by atoms with Crippen molar-refractivity contribution >= 4 is 17.5 Å². The third-order valence-electron chi connectivity index (χ3n) is 4.88. The summed E-state index contributed by atoms with van der Waals surface area (Å²) in [5, 5.41) is 3.88. The second kappa shape index (κ2) is 9.06. The summed E-state index contributed by atoms with van der Waals surface area (Å²) in [6, 6.07) is 16.1. The number of halogens is 1. The number of likely N-dealkylation sites (tertiary alicyclic amines) is 1. The fourth-order valence-corrected chi connectivity index (χ4v) is 3.50. The highest BCUT2D eigenvalue weighted by molar-refractivity contribution is 6.30. The molecule has 26 heavy (non-hydrogen) atoms. The van der Waals surface area contributed by atoms with Crippen LogP contribution < -0.4 is 15.0 Å². The molecule has 1 amide bonds. The molecule has 1 aliphatic rings. The summed E-state index contributed by atoms with van der Waals surface area (Å²) in [6.07, 6.45) is 2.00. The number of piperidine rings is 1. The van der Waals surface area contributed by atoms with Crippen LogP contribution in [-0.4, -0.2) is 31.6 Å². The van der Waals surface area contributed by atoms with Crippen LogP contribution >= 0.6 is 11.6 Å². The number of aryl methyl sites for hydroxylation is 1. The summed E-state index contributed by atoms with van der Waals surface area (Å²) in [6.45, 7) is 5.18. The van der Waals surface area contributed by atoms with Crippen LogP contribution in [0, 0.1) is 6.92 Å². The molecular formula is C21H26ClN2O2+. The smallest absolute Gasteiger partial charge is 0.258 e. The molecule has 1 fully saturated rings. The van der Waals surface area contributed by atoms with Crippen molar-refractivity contribution in [2.75, 3.05) is 19.7 Å². The van der Waals surface area contributed by atoms with Crippen molar-refractivity contribution in [2.45, 2.75) is 32.4 Å². The molecule has 0 saturated carbocycles. The number of benzene rings is 2. The second-order valence-corrected chi connectivity index (χ2v) is 7.39. The van der Waals surface area contributed by atoms with Crippen LogP contribution in [0.15, 0.2) is 48.5 Å². The van der Waals surface area contributed by atoms with E-state index in [4.69, 9.17) is 16.3 Å². The molecule has 0 aromatic heterocycles. The van der Waals surface area contributed by atoms with Gasteiger partial charge in [-0.25, -0.2) is 0 Å². The molecule has 1 aliphatic heterocycles. The van der Waals surface area contributed by atoms with Gasteiger partial charge in [0.15, 0.2) is 6.61 Å². The third-order valence-corrected chi connectivity index (χ3v) is 5.13. The van der Waals surface area contributed by atoms with Crippen molar-refractivity contribution in [3.8, 4) is 5.75 Å². The number of para-hydroxylation sites is 1. The van der Waals surface area contributed by atoms with Crippen molar-refractivity contribution in [1.29, 1.82) is 0 Å². The van der Waals surface area contributed by atoms with E-state index in [1.54, 1.807) is 4.90 Å². The Morgan fingerprint density at radius 2 is 1.85 bits per heavy atom. The van der Waals surface area contributed by atoms with E-state index in [0.717, 1.165) is 48.8 Å². The van der Waals surface area contributed by atoms with E-state index >= 15 is 0 Å².